The maximum absolute atomic E-state index is 13.2. The average molecular weight is 418 g/mol. The molecule has 0 aliphatic carbocycles. The number of nitrogens with zero attached hydrogens (tertiary/aromatic N) is 3. The minimum Gasteiger partial charge on any atom is -0.496 e. The summed E-state index contributed by atoms with van der Waals surface area (Å²) in [5.74, 6) is 1.28. The lowest BCUT2D eigenvalue weighted by Crippen LogP contribution is -2.31. The van der Waals surface area contributed by atoms with E-state index in [1.54, 1.807) is 24.3 Å². The van der Waals surface area contributed by atoms with Crippen LogP contribution in [-0.2, 0) is 18.3 Å². The Balaban J connectivity index is 1.65. The second-order valence-electron chi connectivity index (χ2n) is 7.54. The molecule has 0 bridgehead atoms. The van der Waals surface area contributed by atoms with Gasteiger partial charge in [-0.2, -0.15) is 0 Å². The Morgan fingerprint density at radius 1 is 1.23 bits per heavy atom. The fraction of sp³-hybridized carbons (Fsp3) is 0.292. The Kier molecular flexibility index (Phi) is 5.75. The number of carbonyl (C=O) groups excluding carboxylic acids is 2. The van der Waals surface area contributed by atoms with Crippen molar-refractivity contribution in [2.75, 3.05) is 18.6 Å². The zero-order valence-corrected chi connectivity index (χ0v) is 18.0. The number of ether oxygens (including phenoxy) is 1. The largest absolute Gasteiger partial charge is 0.496 e. The van der Waals surface area contributed by atoms with Gasteiger partial charge in [-0.15, -0.1) is 0 Å². The highest BCUT2D eigenvalue weighted by atomic mass is 16.5. The molecule has 0 saturated carbocycles. The van der Waals surface area contributed by atoms with E-state index in [1.165, 1.54) is 0 Å². The van der Waals surface area contributed by atoms with Crippen molar-refractivity contribution in [1.82, 2.24) is 14.9 Å². The summed E-state index contributed by atoms with van der Waals surface area (Å²) in [6.07, 6.45) is 4.76. The Labute approximate surface area is 181 Å². The molecule has 2 amide bonds. The third kappa shape index (κ3) is 3.91. The van der Waals surface area contributed by atoms with Gasteiger partial charge in [-0.3, -0.25) is 9.59 Å². The van der Waals surface area contributed by atoms with Crippen LogP contribution in [0.25, 0.3) is 0 Å². The summed E-state index contributed by atoms with van der Waals surface area (Å²) in [5.41, 5.74) is 3.29. The number of para-hydroxylation sites is 1. The first-order valence-electron chi connectivity index (χ1n) is 10.4. The number of fused-ring (bicyclic) bond motifs is 1. The fourth-order valence-electron chi connectivity index (χ4n) is 4.05. The second kappa shape index (κ2) is 8.63. The number of nitrogens with one attached hydrogen (secondary N) is 1. The summed E-state index contributed by atoms with van der Waals surface area (Å²) in [6.45, 7) is 2.52. The Morgan fingerprint density at radius 2 is 2.03 bits per heavy atom. The molecule has 2 aromatic carbocycles. The molecule has 1 aliphatic heterocycles. The molecule has 2 heterocycles. The number of methoxy groups -OCH3 is 1. The maximum Gasteiger partial charge on any atom is 0.252 e. The van der Waals surface area contributed by atoms with Gasteiger partial charge in [0.15, 0.2) is 0 Å². The molecule has 0 radical (unpaired) electrons. The van der Waals surface area contributed by atoms with Crippen molar-refractivity contribution in [2.24, 2.45) is 7.05 Å². The first kappa shape index (κ1) is 20.7. The number of amides is 2. The molecular formula is C24H26N4O3. The summed E-state index contributed by atoms with van der Waals surface area (Å²) < 4.78 is 7.41. The van der Waals surface area contributed by atoms with Gasteiger partial charge in [0.25, 0.3) is 5.91 Å². The molecule has 0 fully saturated rings. The smallest absolute Gasteiger partial charge is 0.252 e. The van der Waals surface area contributed by atoms with Gasteiger partial charge in [0.05, 0.1) is 7.11 Å². The number of imidazole rings is 1. The molecule has 31 heavy (non-hydrogen) atoms. The number of carbonyl (C=O) groups is 2. The van der Waals surface area contributed by atoms with Gasteiger partial charge in [-0.1, -0.05) is 25.1 Å². The van der Waals surface area contributed by atoms with Crippen LogP contribution in [-0.4, -0.2) is 35.0 Å². The van der Waals surface area contributed by atoms with Crippen LogP contribution in [0.15, 0.2) is 54.9 Å². The molecular weight excluding hydrogens is 392 g/mol. The summed E-state index contributed by atoms with van der Waals surface area (Å²) in [7, 11) is 3.51. The predicted molar refractivity (Wildman–Crippen MR) is 118 cm³/mol. The third-order valence-electron chi connectivity index (χ3n) is 5.68. The first-order valence-corrected chi connectivity index (χ1v) is 10.4. The van der Waals surface area contributed by atoms with Crippen molar-refractivity contribution in [1.29, 1.82) is 0 Å². The molecule has 1 unspecified atom stereocenters. The molecule has 0 spiro atoms. The number of aromatic nitrogens is 2. The van der Waals surface area contributed by atoms with Gasteiger partial charge >= 0.3 is 0 Å². The van der Waals surface area contributed by atoms with E-state index in [4.69, 9.17) is 4.74 Å². The SMILES string of the molecule is CCC(=O)N1CCc2cc(C(=O)NC(c3ccccc3OC)c3nccn3C)ccc21. The average Bonchev–Trinajstić information content (AvgIpc) is 3.42. The Bertz CT molecular complexity index is 1120. The van der Waals surface area contributed by atoms with Crippen molar-refractivity contribution in [3.63, 3.8) is 0 Å². The number of rotatable bonds is 6. The second-order valence-corrected chi connectivity index (χ2v) is 7.54. The van der Waals surface area contributed by atoms with E-state index in [9.17, 15) is 9.59 Å². The third-order valence-corrected chi connectivity index (χ3v) is 5.68. The number of benzene rings is 2. The molecule has 4 rings (SSSR count). The highest BCUT2D eigenvalue weighted by Gasteiger charge is 2.27. The summed E-state index contributed by atoms with van der Waals surface area (Å²) in [4.78, 5) is 31.6. The van der Waals surface area contributed by atoms with E-state index in [2.05, 4.69) is 10.3 Å². The van der Waals surface area contributed by atoms with Crippen molar-refractivity contribution in [2.45, 2.75) is 25.8 Å². The van der Waals surface area contributed by atoms with Crippen molar-refractivity contribution in [3.05, 3.63) is 77.4 Å². The van der Waals surface area contributed by atoms with Crippen LogP contribution in [0.5, 0.6) is 5.75 Å². The Morgan fingerprint density at radius 3 is 2.74 bits per heavy atom. The highest BCUT2D eigenvalue weighted by Crippen LogP contribution is 2.31. The maximum atomic E-state index is 13.2. The van der Waals surface area contributed by atoms with E-state index in [1.807, 2.05) is 61.1 Å². The van der Waals surface area contributed by atoms with Gasteiger partial charge in [0.2, 0.25) is 5.91 Å². The van der Waals surface area contributed by atoms with E-state index >= 15 is 0 Å². The van der Waals surface area contributed by atoms with Gasteiger partial charge in [0, 0.05) is 49.2 Å². The van der Waals surface area contributed by atoms with E-state index in [0.29, 0.717) is 30.1 Å². The highest BCUT2D eigenvalue weighted by molar-refractivity contribution is 5.98. The van der Waals surface area contributed by atoms with Crippen molar-refractivity contribution >= 4 is 17.5 Å². The minimum absolute atomic E-state index is 0.0990. The molecule has 7 heteroatoms. The molecule has 7 nitrogen and oxygen atoms in total. The molecule has 160 valence electrons. The lowest BCUT2D eigenvalue weighted by Gasteiger charge is -2.21. The van der Waals surface area contributed by atoms with Crippen molar-refractivity contribution < 1.29 is 14.3 Å². The molecule has 0 saturated heterocycles. The number of anilines is 1. The van der Waals surface area contributed by atoms with Gasteiger partial charge in [-0.05, 0) is 36.2 Å². The van der Waals surface area contributed by atoms with Crippen LogP contribution < -0.4 is 15.0 Å². The normalized spacial score (nSPS) is 13.6. The van der Waals surface area contributed by atoms with Crippen LogP contribution in [0.2, 0.25) is 0 Å². The summed E-state index contributed by atoms with van der Waals surface area (Å²) in [6, 6.07) is 12.6. The zero-order chi connectivity index (χ0) is 22.0. The van der Waals surface area contributed by atoms with E-state index in [0.717, 1.165) is 23.2 Å². The predicted octanol–water partition coefficient (Wildman–Crippen LogP) is 3.25. The molecule has 3 aromatic rings. The molecule has 1 aromatic heterocycles. The summed E-state index contributed by atoms with van der Waals surface area (Å²) in [5, 5.41) is 3.12. The van der Waals surface area contributed by atoms with Gasteiger partial charge < -0.3 is 19.5 Å². The zero-order valence-electron chi connectivity index (χ0n) is 18.0. The molecule has 1 atom stereocenters. The number of hydrogen-bond donors (Lipinski definition) is 1. The Hall–Kier alpha value is -3.61. The van der Waals surface area contributed by atoms with Crippen LogP contribution >= 0.6 is 0 Å². The van der Waals surface area contributed by atoms with Gasteiger partial charge in [0.1, 0.15) is 17.6 Å². The topological polar surface area (TPSA) is 76.5 Å². The van der Waals surface area contributed by atoms with E-state index < -0.39 is 6.04 Å². The number of hydrogen-bond acceptors (Lipinski definition) is 4. The first-order chi connectivity index (χ1) is 15.0. The van der Waals surface area contributed by atoms with Gasteiger partial charge in [-0.25, -0.2) is 4.98 Å². The van der Waals surface area contributed by atoms with Crippen LogP contribution in [0.4, 0.5) is 5.69 Å². The lowest BCUT2D eigenvalue weighted by atomic mass is 10.0. The fourth-order valence-corrected chi connectivity index (χ4v) is 4.05. The summed E-state index contributed by atoms with van der Waals surface area (Å²) >= 11 is 0. The molecule has 1 N–H and O–H groups in total. The van der Waals surface area contributed by atoms with Crippen LogP contribution in [0.3, 0.4) is 0 Å². The van der Waals surface area contributed by atoms with Crippen molar-refractivity contribution in [3.8, 4) is 5.75 Å². The standard InChI is InChI=1S/C24H26N4O3/c1-4-21(29)28-13-11-16-15-17(9-10-19(16)28)24(30)26-22(23-25-12-14-27(23)2)18-7-5-6-8-20(18)31-3/h5-10,12,14-15,22H,4,11,13H2,1-3H3,(H,26,30). The van der Waals surface area contributed by atoms with Crippen LogP contribution in [0, 0.1) is 0 Å². The minimum atomic E-state index is -0.477. The monoisotopic (exact) mass is 418 g/mol. The van der Waals surface area contributed by atoms with E-state index in [-0.39, 0.29) is 11.8 Å². The quantitative estimate of drug-likeness (QED) is 0.667. The molecule has 1 aliphatic rings. The lowest BCUT2D eigenvalue weighted by molar-refractivity contribution is -0.118. The van der Waals surface area contributed by atoms with Crippen LogP contribution in [0.1, 0.15) is 46.7 Å². The number of aryl methyl sites for hydroxylation is 1.